The van der Waals surface area contributed by atoms with Crippen LogP contribution in [0.5, 0.6) is 0 Å². The average molecular weight is 443 g/mol. The third kappa shape index (κ3) is 3.95. The maximum Gasteiger partial charge on any atom is 0.247 e. The number of rotatable bonds is 7. The quantitative estimate of drug-likeness (QED) is 0.375. The molecule has 1 atom stereocenters. The molecule has 11 heteroatoms. The molecule has 1 unspecified atom stereocenters. The number of nitrogen functional groups attached to an aromatic ring is 1. The molecule has 0 aliphatic carbocycles. The zero-order valence-corrected chi connectivity index (χ0v) is 18.1. The Morgan fingerprint density at radius 1 is 1.21 bits per heavy atom. The molecule has 0 amide bonds. The zero-order chi connectivity index (χ0) is 22.9. The number of oxazole rings is 1. The summed E-state index contributed by atoms with van der Waals surface area (Å²) in [5, 5.41) is 4.09. The van der Waals surface area contributed by atoms with Crippen LogP contribution in [-0.2, 0) is 6.54 Å². The van der Waals surface area contributed by atoms with Crippen molar-refractivity contribution in [3.8, 4) is 22.8 Å². The molecule has 2 N–H and O–H groups in total. The summed E-state index contributed by atoms with van der Waals surface area (Å²) in [4.78, 5) is 34.8. The fourth-order valence-corrected chi connectivity index (χ4v) is 3.71. The van der Waals surface area contributed by atoms with Gasteiger partial charge in [0.05, 0.1) is 6.20 Å². The third-order valence-electron chi connectivity index (χ3n) is 5.29. The number of nitrogens with two attached hydrogens (primary N) is 1. The van der Waals surface area contributed by atoms with E-state index in [-0.39, 0.29) is 35.5 Å². The summed E-state index contributed by atoms with van der Waals surface area (Å²) < 4.78 is 9.09. The van der Waals surface area contributed by atoms with Gasteiger partial charge in [0.25, 0.3) is 0 Å². The van der Waals surface area contributed by atoms with Crippen molar-refractivity contribution in [3.05, 3.63) is 61.0 Å². The zero-order valence-electron chi connectivity index (χ0n) is 18.1. The standard InChI is InChI=1S/C22H21N9O2/c1-13(9-30-12-24-11-27-30)7-16(32)19-21(23)29-20(22-25-5-6-33-22)18(28-19)15-3-4-17-26-8-14(2)31(17)10-15/h3-6,8,10-13H,7,9H2,1-2H3,(H2,23,29). The van der Waals surface area contributed by atoms with Crippen LogP contribution in [0, 0.1) is 12.8 Å². The average Bonchev–Trinajstić information content (AvgIpc) is 3.56. The fraction of sp³-hybridized carbons (Fsp3) is 0.227. The lowest BCUT2D eigenvalue weighted by atomic mass is 10.0. The molecule has 5 rings (SSSR count). The second-order valence-electron chi connectivity index (χ2n) is 7.89. The van der Waals surface area contributed by atoms with Crippen LogP contribution in [0.15, 0.2) is 54.1 Å². The van der Waals surface area contributed by atoms with E-state index < -0.39 is 0 Å². The first-order valence-electron chi connectivity index (χ1n) is 10.4. The molecule has 5 aromatic heterocycles. The number of anilines is 1. The SMILES string of the molecule is Cc1cnc2ccc(-c3nc(C(=O)CC(C)Cn4cncn4)c(N)nc3-c3ncco3)cn12. The molecule has 33 heavy (non-hydrogen) atoms. The Labute approximate surface area is 188 Å². The van der Waals surface area contributed by atoms with Crippen LogP contribution in [0.4, 0.5) is 5.82 Å². The van der Waals surface area contributed by atoms with Gasteiger partial charge in [-0.2, -0.15) is 5.10 Å². The molecule has 11 nitrogen and oxygen atoms in total. The lowest BCUT2D eigenvalue weighted by Crippen LogP contribution is -2.16. The van der Waals surface area contributed by atoms with Crippen molar-refractivity contribution in [3.63, 3.8) is 0 Å². The first-order chi connectivity index (χ1) is 16.0. The Morgan fingerprint density at radius 3 is 2.85 bits per heavy atom. The van der Waals surface area contributed by atoms with Gasteiger partial charge in [-0.3, -0.25) is 9.48 Å². The van der Waals surface area contributed by atoms with E-state index in [2.05, 4.69) is 30.0 Å². The molecule has 0 aliphatic rings. The predicted molar refractivity (Wildman–Crippen MR) is 119 cm³/mol. The van der Waals surface area contributed by atoms with Crippen LogP contribution in [-0.4, -0.2) is 44.9 Å². The highest BCUT2D eigenvalue weighted by Gasteiger charge is 2.23. The van der Waals surface area contributed by atoms with Gasteiger partial charge in [-0.15, -0.1) is 0 Å². The van der Waals surface area contributed by atoms with Gasteiger partial charge in [-0.25, -0.2) is 24.9 Å². The van der Waals surface area contributed by atoms with Crippen LogP contribution in [0.1, 0.15) is 29.5 Å². The minimum absolute atomic E-state index is 0.000199. The van der Waals surface area contributed by atoms with E-state index in [1.807, 2.05) is 36.6 Å². The number of imidazole rings is 1. The minimum Gasteiger partial charge on any atom is -0.443 e. The molecule has 5 heterocycles. The summed E-state index contributed by atoms with van der Waals surface area (Å²) in [5.74, 6) is 0.0999. The van der Waals surface area contributed by atoms with E-state index in [1.165, 1.54) is 18.8 Å². The number of Topliss-reactive ketones (excluding diaryl/α,β-unsaturated/α-hetero) is 1. The smallest absolute Gasteiger partial charge is 0.247 e. The number of nitrogens with zero attached hydrogens (tertiary/aromatic N) is 8. The summed E-state index contributed by atoms with van der Waals surface area (Å²) in [6.07, 6.45) is 9.96. The van der Waals surface area contributed by atoms with Crippen LogP contribution < -0.4 is 5.73 Å². The van der Waals surface area contributed by atoms with Crippen molar-refractivity contribution in [1.29, 1.82) is 0 Å². The van der Waals surface area contributed by atoms with Gasteiger partial charge in [0.1, 0.15) is 36.0 Å². The first kappa shape index (κ1) is 20.5. The number of pyridine rings is 1. The Bertz CT molecular complexity index is 1420. The van der Waals surface area contributed by atoms with Gasteiger partial charge < -0.3 is 14.6 Å². The van der Waals surface area contributed by atoms with Crippen LogP contribution in [0.2, 0.25) is 0 Å². The Hall–Kier alpha value is -4.41. The summed E-state index contributed by atoms with van der Waals surface area (Å²) in [5.41, 5.74) is 9.61. The molecule has 0 fully saturated rings. The first-order valence-corrected chi connectivity index (χ1v) is 10.4. The van der Waals surface area contributed by atoms with Crippen molar-refractivity contribution in [1.82, 2.24) is 39.1 Å². The van der Waals surface area contributed by atoms with Crippen molar-refractivity contribution >= 4 is 17.2 Å². The second kappa shape index (κ2) is 8.26. The number of fused-ring (bicyclic) bond motifs is 1. The largest absolute Gasteiger partial charge is 0.443 e. The maximum absolute atomic E-state index is 13.1. The Morgan fingerprint density at radius 2 is 2.09 bits per heavy atom. The topological polar surface area (TPSA) is 143 Å². The molecule has 0 aromatic carbocycles. The van der Waals surface area contributed by atoms with E-state index in [4.69, 9.17) is 10.2 Å². The van der Waals surface area contributed by atoms with Gasteiger partial charge in [-0.1, -0.05) is 6.92 Å². The highest BCUT2D eigenvalue weighted by atomic mass is 16.3. The normalized spacial score (nSPS) is 12.3. The van der Waals surface area contributed by atoms with E-state index in [1.54, 1.807) is 17.2 Å². The van der Waals surface area contributed by atoms with Crippen molar-refractivity contribution in [2.45, 2.75) is 26.8 Å². The van der Waals surface area contributed by atoms with Gasteiger partial charge in [0.15, 0.2) is 17.3 Å². The molecule has 5 aromatic rings. The number of carbonyl (C=O) groups is 1. The Kier molecular flexibility index (Phi) is 5.13. The second-order valence-corrected chi connectivity index (χ2v) is 7.89. The van der Waals surface area contributed by atoms with E-state index in [0.29, 0.717) is 17.9 Å². The predicted octanol–water partition coefficient (Wildman–Crippen LogP) is 2.84. The lowest BCUT2D eigenvalue weighted by Gasteiger charge is -2.13. The summed E-state index contributed by atoms with van der Waals surface area (Å²) in [6.45, 7) is 4.47. The number of ketones is 1. The van der Waals surface area contributed by atoms with Crippen LogP contribution in [0.3, 0.4) is 0 Å². The van der Waals surface area contributed by atoms with Crippen molar-refractivity contribution < 1.29 is 9.21 Å². The highest BCUT2D eigenvalue weighted by Crippen LogP contribution is 2.31. The molecule has 0 aliphatic heterocycles. The number of carbonyl (C=O) groups excluding carboxylic acids is 1. The number of hydrogen-bond acceptors (Lipinski definition) is 9. The number of aryl methyl sites for hydroxylation is 1. The van der Waals surface area contributed by atoms with Crippen molar-refractivity contribution in [2.24, 2.45) is 5.92 Å². The lowest BCUT2D eigenvalue weighted by molar-refractivity contribution is 0.0956. The summed E-state index contributed by atoms with van der Waals surface area (Å²) in [6, 6.07) is 3.75. The number of aromatic nitrogens is 8. The fourth-order valence-electron chi connectivity index (χ4n) is 3.71. The third-order valence-corrected chi connectivity index (χ3v) is 5.29. The summed E-state index contributed by atoms with van der Waals surface area (Å²) >= 11 is 0. The van der Waals surface area contributed by atoms with Crippen LogP contribution >= 0.6 is 0 Å². The van der Waals surface area contributed by atoms with E-state index in [9.17, 15) is 4.79 Å². The molecule has 0 bridgehead atoms. The molecule has 0 spiro atoms. The van der Waals surface area contributed by atoms with Gasteiger partial charge in [-0.05, 0) is 25.0 Å². The molecule has 166 valence electrons. The molecular weight excluding hydrogens is 422 g/mol. The molecule has 0 saturated carbocycles. The molecule has 0 saturated heterocycles. The Balaban J connectivity index is 1.55. The minimum atomic E-state index is -0.201. The van der Waals surface area contributed by atoms with Gasteiger partial charge in [0.2, 0.25) is 5.89 Å². The van der Waals surface area contributed by atoms with Crippen molar-refractivity contribution in [2.75, 3.05) is 5.73 Å². The van der Waals surface area contributed by atoms with Gasteiger partial charge >= 0.3 is 0 Å². The van der Waals surface area contributed by atoms with Crippen LogP contribution in [0.25, 0.3) is 28.5 Å². The maximum atomic E-state index is 13.1. The molecule has 0 radical (unpaired) electrons. The highest BCUT2D eigenvalue weighted by molar-refractivity contribution is 5.99. The van der Waals surface area contributed by atoms with E-state index in [0.717, 1.165) is 16.9 Å². The summed E-state index contributed by atoms with van der Waals surface area (Å²) in [7, 11) is 0. The van der Waals surface area contributed by atoms with Gasteiger partial charge in [0, 0.05) is 36.6 Å². The number of hydrogen-bond donors (Lipinski definition) is 1. The van der Waals surface area contributed by atoms with E-state index >= 15 is 0 Å². The monoisotopic (exact) mass is 443 g/mol. The molecular formula is C22H21N9O2.